The minimum atomic E-state index is -3.91. The van der Waals surface area contributed by atoms with Crippen LogP contribution < -0.4 is 0 Å². The average molecular weight is 443 g/mol. The van der Waals surface area contributed by atoms with Crippen molar-refractivity contribution in [1.82, 2.24) is 0 Å². The molecule has 0 amide bonds. The lowest BCUT2D eigenvalue weighted by Gasteiger charge is -2.26. The number of piperazine rings is 1. The fourth-order valence-corrected chi connectivity index (χ4v) is 3.66. The van der Waals surface area contributed by atoms with Crippen molar-refractivity contribution in [2.24, 2.45) is 0 Å². The van der Waals surface area contributed by atoms with Crippen molar-refractivity contribution < 1.29 is 34.9 Å². The largest absolute Gasteiger partial charge is 0.748 e. The Hall–Kier alpha value is 0.320. The average Bonchev–Trinajstić information content (AvgIpc) is 3.03. The van der Waals surface area contributed by atoms with Crippen LogP contribution in [0.2, 0.25) is 0 Å². The molecule has 0 aromatic heterocycles. The molecule has 2 bridgehead atoms. The summed E-state index contributed by atoms with van der Waals surface area (Å²) >= 11 is 11.7. The van der Waals surface area contributed by atoms with E-state index in [1.165, 1.54) is 55.7 Å². The van der Waals surface area contributed by atoms with Gasteiger partial charge in [-0.05, 0) is 0 Å². The minimum absolute atomic E-state index is 0.312. The maximum atomic E-state index is 9.44. The lowest BCUT2D eigenvalue weighted by molar-refractivity contribution is -0.985. The van der Waals surface area contributed by atoms with Gasteiger partial charge in [0.1, 0.15) is 26.2 Å². The van der Waals surface area contributed by atoms with E-state index in [1.807, 2.05) is 0 Å². The molecule has 0 aromatic rings. The Morgan fingerprint density at radius 3 is 1.16 bits per heavy atom. The highest BCUT2D eigenvalue weighted by molar-refractivity contribution is 7.85. The molecule has 25 heavy (non-hydrogen) atoms. The highest BCUT2D eigenvalue weighted by Crippen LogP contribution is 2.31. The van der Waals surface area contributed by atoms with Gasteiger partial charge >= 0.3 is 0 Å². The highest BCUT2D eigenvalue weighted by atomic mass is 35.5. The first-order chi connectivity index (χ1) is 11.4. The van der Waals surface area contributed by atoms with Crippen LogP contribution in [0.25, 0.3) is 0 Å². The summed E-state index contributed by atoms with van der Waals surface area (Å²) in [6, 6.07) is 0. The molecular formula is C13H28Cl2N2O6S2. The van der Waals surface area contributed by atoms with E-state index >= 15 is 0 Å². The minimum Gasteiger partial charge on any atom is -0.748 e. The topological polar surface area (TPSA) is 114 Å². The molecule has 0 N–H and O–H groups in total. The van der Waals surface area contributed by atoms with Crippen molar-refractivity contribution >= 4 is 43.4 Å². The van der Waals surface area contributed by atoms with Crippen LogP contribution in [-0.2, 0) is 20.2 Å². The Morgan fingerprint density at radius 2 is 1.00 bits per heavy atom. The van der Waals surface area contributed by atoms with Crippen molar-refractivity contribution in [3.05, 3.63) is 0 Å². The number of hydrogen-bond donors (Lipinski definition) is 0. The zero-order valence-electron chi connectivity index (χ0n) is 14.7. The second-order valence-corrected chi connectivity index (χ2v) is 10.4. The number of rotatable bonds is 6. The van der Waals surface area contributed by atoms with Crippen LogP contribution in [0.4, 0.5) is 0 Å². The van der Waals surface area contributed by atoms with Gasteiger partial charge in [-0.15, -0.1) is 23.2 Å². The van der Waals surface area contributed by atoms with Crippen LogP contribution in [0, 0.1) is 0 Å². The Balaban J connectivity index is 0.000000406. The Morgan fingerprint density at radius 1 is 0.760 bits per heavy atom. The molecule has 2 heterocycles. The van der Waals surface area contributed by atoms with Crippen LogP contribution in [0.15, 0.2) is 0 Å². The molecule has 8 nitrogen and oxygen atoms in total. The summed E-state index contributed by atoms with van der Waals surface area (Å²) in [6.45, 7) is 11.5. The van der Waals surface area contributed by atoms with Crippen LogP contribution in [0.1, 0.15) is 13.8 Å². The molecule has 0 saturated carbocycles. The highest BCUT2D eigenvalue weighted by Gasteiger charge is 2.54. The van der Waals surface area contributed by atoms with Crippen molar-refractivity contribution in [3.8, 4) is 0 Å². The monoisotopic (exact) mass is 442 g/mol. The molecule has 2 aliphatic rings. The zero-order chi connectivity index (χ0) is 19.8. The first-order valence-electron chi connectivity index (χ1n) is 8.06. The summed E-state index contributed by atoms with van der Waals surface area (Å²) in [5.74, 6) is 0.988. The molecule has 12 heteroatoms. The first kappa shape index (κ1) is 25.3. The number of nitrogens with zero attached hydrogens (tertiary/aromatic N) is 2. The first-order valence-corrected chi connectivity index (χ1v) is 12.3. The molecule has 0 atom stereocenters. The summed E-state index contributed by atoms with van der Waals surface area (Å²) in [6.07, 6.45) is 0. The van der Waals surface area contributed by atoms with E-state index in [0.29, 0.717) is 0 Å². The van der Waals surface area contributed by atoms with Gasteiger partial charge in [0.2, 0.25) is 6.67 Å². The molecule has 152 valence electrons. The van der Waals surface area contributed by atoms with Crippen molar-refractivity contribution in [2.45, 2.75) is 13.8 Å². The van der Waals surface area contributed by atoms with Gasteiger partial charge in [0.25, 0.3) is 0 Å². The van der Waals surface area contributed by atoms with E-state index in [9.17, 15) is 25.9 Å². The third-order valence-electron chi connectivity index (χ3n) is 4.52. The number of hydrogen-bond acceptors (Lipinski definition) is 6. The third kappa shape index (κ3) is 10.3. The summed E-state index contributed by atoms with van der Waals surface area (Å²) in [4.78, 5) is 0. The predicted molar refractivity (Wildman–Crippen MR) is 96.5 cm³/mol. The number of quaternary nitrogens is 2. The molecule has 0 radical (unpaired) electrons. The van der Waals surface area contributed by atoms with Crippen LogP contribution in [0.3, 0.4) is 0 Å². The summed E-state index contributed by atoms with van der Waals surface area (Å²) < 4.78 is 59.2. The SMILES string of the molecule is CCS(=O)(=O)[O-].CCS(=O)(=O)[O-].ClCC[N+]12CC[N+](CCCl)(CC1)C2. The molecule has 0 spiro atoms. The maximum Gasteiger partial charge on any atom is 0.208 e. The molecule has 2 saturated heterocycles. The predicted octanol–water partition coefficient (Wildman–Crippen LogP) is 0.185. The van der Waals surface area contributed by atoms with Crippen LogP contribution in [-0.4, -0.2) is 104 Å². The van der Waals surface area contributed by atoms with E-state index in [-0.39, 0.29) is 11.5 Å². The van der Waals surface area contributed by atoms with Gasteiger partial charge in [0, 0.05) is 11.5 Å². The molecule has 2 rings (SSSR count). The fourth-order valence-electron chi connectivity index (χ4n) is 2.94. The van der Waals surface area contributed by atoms with E-state index in [1.54, 1.807) is 0 Å². The summed E-state index contributed by atoms with van der Waals surface area (Å²) in [5.41, 5.74) is 0. The molecule has 2 fully saturated rings. The lowest BCUT2D eigenvalue weighted by atomic mass is 10.3. The summed E-state index contributed by atoms with van der Waals surface area (Å²) in [7, 11) is -7.82. The van der Waals surface area contributed by atoms with Gasteiger partial charge < -0.3 is 9.11 Å². The number of alkyl halides is 2. The van der Waals surface area contributed by atoms with E-state index in [2.05, 4.69) is 0 Å². The Bertz CT molecular complexity index is 538. The van der Waals surface area contributed by atoms with Crippen LogP contribution in [0.5, 0.6) is 0 Å². The van der Waals surface area contributed by atoms with Crippen molar-refractivity contribution in [3.63, 3.8) is 0 Å². The second-order valence-electron chi connectivity index (χ2n) is 6.24. The number of fused-ring (bicyclic) bond motifs is 2. The lowest BCUT2D eigenvalue weighted by Crippen LogP contribution is -2.48. The van der Waals surface area contributed by atoms with Gasteiger partial charge in [0.05, 0.1) is 45.1 Å². The van der Waals surface area contributed by atoms with E-state index in [0.717, 1.165) is 24.8 Å². The summed E-state index contributed by atoms with van der Waals surface area (Å²) in [5, 5.41) is 0. The van der Waals surface area contributed by atoms with Gasteiger partial charge in [-0.2, -0.15) is 0 Å². The quantitative estimate of drug-likeness (QED) is 0.329. The third-order valence-corrected chi connectivity index (χ3v) is 6.27. The number of halogens is 2. The zero-order valence-corrected chi connectivity index (χ0v) is 17.8. The van der Waals surface area contributed by atoms with Gasteiger partial charge in [-0.1, -0.05) is 13.8 Å². The standard InChI is InChI=1S/C9H18Cl2N2.2C2H6O3S/c10-1-3-12-5-7-13(9-12,4-2-11)8-6-12;2*1-2-6(3,4)5/h1-9H2;2*2H2,1H3,(H,3,4,5)/q+2;;/p-2. The normalized spacial score (nSPS) is 27.9. The molecule has 0 aromatic carbocycles. The van der Waals surface area contributed by atoms with Crippen molar-refractivity contribution in [2.75, 3.05) is 69.2 Å². The van der Waals surface area contributed by atoms with Gasteiger partial charge in [-0.3, -0.25) is 8.97 Å². The molecular weight excluding hydrogens is 415 g/mol. The fraction of sp³-hybridized carbons (Fsp3) is 1.00. The Kier molecular flexibility index (Phi) is 10.7. The van der Waals surface area contributed by atoms with Crippen molar-refractivity contribution in [1.29, 1.82) is 0 Å². The maximum absolute atomic E-state index is 9.44. The van der Waals surface area contributed by atoms with Crippen LogP contribution >= 0.6 is 23.2 Å². The van der Waals surface area contributed by atoms with Gasteiger partial charge in [-0.25, -0.2) is 16.8 Å². The van der Waals surface area contributed by atoms with E-state index in [4.69, 9.17) is 23.2 Å². The second kappa shape index (κ2) is 10.6. The molecule has 0 unspecified atom stereocenters. The molecule has 0 aliphatic carbocycles. The van der Waals surface area contributed by atoms with Gasteiger partial charge in [0.15, 0.2) is 0 Å². The smallest absolute Gasteiger partial charge is 0.208 e. The molecule has 2 aliphatic heterocycles. The Labute approximate surface area is 161 Å². The van der Waals surface area contributed by atoms with E-state index < -0.39 is 20.2 Å².